The minimum atomic E-state index is -0.965. The number of unbranched alkanes of at least 4 members (excludes halogenated alkanes) is 11. The molecule has 0 amide bonds. The number of benzene rings is 1. The van der Waals surface area contributed by atoms with E-state index in [9.17, 15) is 9.59 Å². The highest BCUT2D eigenvalue weighted by atomic mass is 16.5. The molecule has 0 spiro atoms. The minimum absolute atomic E-state index is 0.301. The number of carboxylic acids is 2. The molecule has 1 aromatic rings. The number of para-hydroxylation sites is 2. The number of hydrogen-bond donors (Lipinski definition) is 2. The Balaban J connectivity index is 2.01. The predicted molar refractivity (Wildman–Crippen MR) is 122 cm³/mol. The van der Waals surface area contributed by atoms with Crippen molar-refractivity contribution >= 4 is 11.9 Å². The maximum Gasteiger partial charge on any atom is 0.344 e. The largest absolute Gasteiger partial charge is 0.490 e. The monoisotopic (exact) mass is 436 g/mol. The third kappa shape index (κ3) is 13.6. The molecular weight excluding hydrogens is 396 g/mol. The first-order chi connectivity index (χ1) is 15.0. The summed E-state index contributed by atoms with van der Waals surface area (Å²) in [5, 5.41) is 17.8. The zero-order valence-corrected chi connectivity index (χ0v) is 19.0. The molecule has 1 unspecified atom stereocenters. The fourth-order valence-electron chi connectivity index (χ4n) is 3.46. The van der Waals surface area contributed by atoms with E-state index in [4.69, 9.17) is 19.7 Å². The van der Waals surface area contributed by atoms with Gasteiger partial charge in [0.15, 0.2) is 17.6 Å². The summed E-state index contributed by atoms with van der Waals surface area (Å²) < 4.78 is 11.4. The normalized spacial score (nSPS) is 11.8. The van der Waals surface area contributed by atoms with Crippen molar-refractivity contribution in [2.24, 2.45) is 0 Å². The Morgan fingerprint density at radius 1 is 0.774 bits per heavy atom. The highest BCUT2D eigenvalue weighted by Gasteiger charge is 2.18. The van der Waals surface area contributed by atoms with Gasteiger partial charge >= 0.3 is 11.9 Å². The first-order valence-corrected chi connectivity index (χ1v) is 11.9. The van der Waals surface area contributed by atoms with E-state index in [2.05, 4.69) is 0 Å². The number of carboxylic acid groups (broad SMARTS) is 2. The lowest BCUT2D eigenvalue weighted by Crippen LogP contribution is -2.26. The van der Waals surface area contributed by atoms with Gasteiger partial charge in [-0.05, 0) is 31.4 Å². The molecule has 0 heterocycles. The number of carbonyl (C=O) groups is 2. The molecule has 2 N–H and O–H groups in total. The summed E-state index contributed by atoms with van der Waals surface area (Å²) in [6, 6.07) is 7.24. The first-order valence-electron chi connectivity index (χ1n) is 11.9. The molecule has 176 valence electrons. The van der Waals surface area contributed by atoms with Gasteiger partial charge in [-0.25, -0.2) is 4.79 Å². The summed E-state index contributed by atoms with van der Waals surface area (Å²) in [5.41, 5.74) is 0. The van der Waals surface area contributed by atoms with E-state index >= 15 is 0 Å². The lowest BCUT2D eigenvalue weighted by molar-refractivity contribution is -0.145. The molecule has 0 aliphatic heterocycles. The van der Waals surface area contributed by atoms with Crippen LogP contribution in [-0.2, 0) is 9.59 Å². The van der Waals surface area contributed by atoms with Gasteiger partial charge in [0.25, 0.3) is 0 Å². The number of rotatable bonds is 20. The predicted octanol–water partition coefficient (Wildman–Crippen LogP) is 6.46. The lowest BCUT2D eigenvalue weighted by atomic mass is 10.0. The zero-order valence-electron chi connectivity index (χ0n) is 19.0. The second-order valence-electron chi connectivity index (χ2n) is 8.03. The molecule has 6 heteroatoms. The SMILES string of the molecule is CCC(Oc1ccccc1OCCCCCCCCCCCCCCC(=O)O)C(=O)O. The quantitative estimate of drug-likeness (QED) is 0.228. The van der Waals surface area contributed by atoms with Crippen molar-refractivity contribution < 1.29 is 29.3 Å². The molecule has 1 rings (SSSR count). The van der Waals surface area contributed by atoms with Gasteiger partial charge in [0.1, 0.15) is 0 Å². The average molecular weight is 437 g/mol. The van der Waals surface area contributed by atoms with Crippen LogP contribution in [0.5, 0.6) is 11.5 Å². The molecule has 0 saturated heterocycles. The third-order valence-corrected chi connectivity index (χ3v) is 5.31. The Hall–Kier alpha value is -2.24. The number of hydrogen-bond acceptors (Lipinski definition) is 4. The average Bonchev–Trinajstić information content (AvgIpc) is 2.75. The molecule has 0 bridgehead atoms. The molecule has 1 atom stereocenters. The van der Waals surface area contributed by atoms with E-state index in [-0.39, 0.29) is 0 Å². The summed E-state index contributed by atoms with van der Waals surface area (Å²) in [7, 11) is 0. The second-order valence-corrected chi connectivity index (χ2v) is 8.03. The van der Waals surface area contributed by atoms with Crippen LogP contribution < -0.4 is 9.47 Å². The van der Waals surface area contributed by atoms with Crippen molar-refractivity contribution in [1.29, 1.82) is 0 Å². The van der Waals surface area contributed by atoms with Crippen LogP contribution in [0.15, 0.2) is 24.3 Å². The summed E-state index contributed by atoms with van der Waals surface area (Å²) in [6.45, 7) is 2.39. The summed E-state index contributed by atoms with van der Waals surface area (Å²) in [5.74, 6) is -0.567. The first kappa shape index (κ1) is 26.8. The fourth-order valence-corrected chi connectivity index (χ4v) is 3.46. The van der Waals surface area contributed by atoms with E-state index in [0.29, 0.717) is 30.9 Å². The van der Waals surface area contributed by atoms with Gasteiger partial charge in [-0.1, -0.05) is 83.3 Å². The lowest BCUT2D eigenvalue weighted by Gasteiger charge is -2.16. The van der Waals surface area contributed by atoms with E-state index in [1.807, 2.05) is 18.2 Å². The minimum Gasteiger partial charge on any atom is -0.490 e. The van der Waals surface area contributed by atoms with Crippen molar-refractivity contribution in [2.75, 3.05) is 6.61 Å². The molecule has 6 nitrogen and oxygen atoms in total. The highest BCUT2D eigenvalue weighted by molar-refractivity contribution is 5.72. The van der Waals surface area contributed by atoms with Crippen LogP contribution in [0.1, 0.15) is 96.8 Å². The van der Waals surface area contributed by atoms with Crippen LogP contribution in [0.3, 0.4) is 0 Å². The van der Waals surface area contributed by atoms with Gasteiger partial charge in [0, 0.05) is 6.42 Å². The van der Waals surface area contributed by atoms with E-state index in [0.717, 1.165) is 32.1 Å². The zero-order chi connectivity index (χ0) is 22.7. The van der Waals surface area contributed by atoms with Gasteiger partial charge in [-0.3, -0.25) is 4.79 Å². The topological polar surface area (TPSA) is 93.1 Å². The van der Waals surface area contributed by atoms with Gasteiger partial charge in [-0.2, -0.15) is 0 Å². The van der Waals surface area contributed by atoms with Crippen LogP contribution in [0.4, 0.5) is 0 Å². The van der Waals surface area contributed by atoms with Gasteiger partial charge in [0.2, 0.25) is 0 Å². The molecule has 0 saturated carbocycles. The Kier molecular flexibility index (Phi) is 15.1. The smallest absolute Gasteiger partial charge is 0.344 e. The Morgan fingerprint density at radius 3 is 1.74 bits per heavy atom. The molecule has 0 fully saturated rings. The molecule has 1 aromatic carbocycles. The third-order valence-electron chi connectivity index (χ3n) is 5.31. The van der Waals surface area contributed by atoms with Crippen molar-refractivity contribution in [3.8, 4) is 11.5 Å². The maximum absolute atomic E-state index is 11.2. The standard InChI is InChI=1S/C25H40O6/c1-2-21(25(28)29)31-23-18-15-14-17-22(23)30-20-16-12-10-8-6-4-3-5-7-9-11-13-19-24(26)27/h14-15,17-18,21H,2-13,16,19-20H2,1H3,(H,26,27)(H,28,29). The van der Waals surface area contributed by atoms with E-state index in [1.165, 1.54) is 44.9 Å². The Morgan fingerprint density at radius 2 is 1.26 bits per heavy atom. The van der Waals surface area contributed by atoms with Crippen LogP contribution in [0.2, 0.25) is 0 Å². The molecule has 0 aromatic heterocycles. The highest BCUT2D eigenvalue weighted by Crippen LogP contribution is 2.28. The van der Waals surface area contributed by atoms with Crippen molar-refractivity contribution in [3.63, 3.8) is 0 Å². The van der Waals surface area contributed by atoms with E-state index < -0.39 is 18.0 Å². The van der Waals surface area contributed by atoms with Crippen molar-refractivity contribution in [1.82, 2.24) is 0 Å². The molecule has 0 aliphatic rings. The van der Waals surface area contributed by atoms with Crippen LogP contribution in [-0.4, -0.2) is 34.9 Å². The maximum atomic E-state index is 11.2. The summed E-state index contributed by atoms with van der Waals surface area (Å²) >= 11 is 0. The van der Waals surface area contributed by atoms with Crippen molar-refractivity contribution in [2.45, 2.75) is 103 Å². The molecule has 31 heavy (non-hydrogen) atoms. The van der Waals surface area contributed by atoms with Crippen molar-refractivity contribution in [3.05, 3.63) is 24.3 Å². The van der Waals surface area contributed by atoms with Gasteiger partial charge < -0.3 is 19.7 Å². The Bertz CT molecular complexity index is 616. The van der Waals surface area contributed by atoms with Gasteiger partial charge in [0.05, 0.1) is 6.61 Å². The van der Waals surface area contributed by atoms with Gasteiger partial charge in [-0.15, -0.1) is 0 Å². The van der Waals surface area contributed by atoms with E-state index in [1.54, 1.807) is 13.0 Å². The number of aliphatic carboxylic acids is 2. The summed E-state index contributed by atoms with van der Waals surface area (Å²) in [6.07, 6.45) is 13.7. The molecule has 0 radical (unpaired) electrons. The number of ether oxygens (including phenoxy) is 2. The fraction of sp³-hybridized carbons (Fsp3) is 0.680. The van der Waals surface area contributed by atoms with Crippen LogP contribution in [0.25, 0.3) is 0 Å². The molecule has 0 aliphatic carbocycles. The Labute approximate surface area is 187 Å². The van der Waals surface area contributed by atoms with Crippen LogP contribution in [0, 0.1) is 0 Å². The molecular formula is C25H40O6. The van der Waals surface area contributed by atoms with Crippen LogP contribution >= 0.6 is 0 Å². The second kappa shape index (κ2) is 17.4. The summed E-state index contributed by atoms with van der Waals surface area (Å²) in [4.78, 5) is 21.6.